The third kappa shape index (κ3) is 3.37. The lowest BCUT2D eigenvalue weighted by molar-refractivity contribution is -0.134. The number of benzene rings is 2. The second-order valence-electron chi connectivity index (χ2n) is 9.92. The third-order valence-corrected chi connectivity index (χ3v) is 7.75. The van der Waals surface area contributed by atoms with Crippen LogP contribution in [0.15, 0.2) is 59.4 Å². The Labute approximate surface area is 218 Å². The smallest absolute Gasteiger partial charge is 0.261 e. The number of piperazine rings is 1. The van der Waals surface area contributed by atoms with Crippen LogP contribution < -0.4 is 19.7 Å². The Bertz CT molecular complexity index is 1500. The van der Waals surface area contributed by atoms with Crippen molar-refractivity contribution in [1.29, 1.82) is 0 Å². The molecule has 10 heteroatoms. The van der Waals surface area contributed by atoms with Gasteiger partial charge < -0.3 is 24.2 Å². The first-order valence-electron chi connectivity index (χ1n) is 12.6. The van der Waals surface area contributed by atoms with Gasteiger partial charge in [0.05, 0.1) is 22.5 Å². The van der Waals surface area contributed by atoms with Gasteiger partial charge in [0.1, 0.15) is 6.04 Å². The molecular weight excluding hydrogens is 486 g/mol. The van der Waals surface area contributed by atoms with Gasteiger partial charge in [-0.1, -0.05) is 30.3 Å². The van der Waals surface area contributed by atoms with Gasteiger partial charge in [-0.2, -0.15) is 0 Å². The van der Waals surface area contributed by atoms with Crippen LogP contribution in [0.4, 0.5) is 5.69 Å². The summed E-state index contributed by atoms with van der Waals surface area (Å²) in [5, 5.41) is 2.44. The van der Waals surface area contributed by atoms with Gasteiger partial charge >= 0.3 is 0 Å². The molecular formula is C28H25N5O5. The Morgan fingerprint density at radius 3 is 2.58 bits per heavy atom. The molecule has 192 valence electrons. The highest BCUT2D eigenvalue weighted by atomic mass is 16.7. The van der Waals surface area contributed by atoms with E-state index in [9.17, 15) is 14.4 Å². The number of anilines is 1. The predicted octanol–water partition coefficient (Wildman–Crippen LogP) is 1.30. The second kappa shape index (κ2) is 8.56. The van der Waals surface area contributed by atoms with Gasteiger partial charge in [0.25, 0.3) is 11.8 Å². The van der Waals surface area contributed by atoms with Crippen LogP contribution >= 0.6 is 0 Å². The van der Waals surface area contributed by atoms with Crippen molar-refractivity contribution in [3.63, 3.8) is 0 Å². The lowest BCUT2D eigenvalue weighted by Crippen LogP contribution is -2.53. The average molecular weight is 512 g/mol. The molecule has 1 fully saturated rings. The number of hydrogen-bond acceptors (Lipinski definition) is 8. The normalized spacial score (nSPS) is 22.0. The summed E-state index contributed by atoms with van der Waals surface area (Å²) >= 11 is 0. The van der Waals surface area contributed by atoms with Gasteiger partial charge in [-0.25, -0.2) is 0 Å². The van der Waals surface area contributed by atoms with Gasteiger partial charge in [-0.3, -0.25) is 24.7 Å². The quantitative estimate of drug-likeness (QED) is 0.620. The summed E-state index contributed by atoms with van der Waals surface area (Å²) in [6.45, 7) is 3.12. The molecule has 10 nitrogen and oxygen atoms in total. The number of carbonyl (C=O) groups excluding carboxylic acids is 3. The van der Waals surface area contributed by atoms with Crippen LogP contribution in [0.25, 0.3) is 5.57 Å². The number of imide groups is 1. The number of fused-ring (bicyclic) bond motifs is 1. The van der Waals surface area contributed by atoms with Crippen LogP contribution in [-0.2, 0) is 20.8 Å². The van der Waals surface area contributed by atoms with E-state index in [4.69, 9.17) is 9.47 Å². The summed E-state index contributed by atoms with van der Waals surface area (Å²) in [6.07, 6.45) is 3.96. The highest BCUT2D eigenvalue weighted by molar-refractivity contribution is 6.48. The molecule has 2 aromatic carbocycles. The molecule has 5 heterocycles. The third-order valence-electron chi connectivity index (χ3n) is 7.75. The summed E-state index contributed by atoms with van der Waals surface area (Å²) in [5.41, 5.74) is 3.75. The molecule has 1 N–H and O–H groups in total. The topological polar surface area (TPSA) is 104 Å². The maximum absolute atomic E-state index is 13.6. The highest BCUT2D eigenvalue weighted by Gasteiger charge is 2.42. The summed E-state index contributed by atoms with van der Waals surface area (Å²) < 4.78 is 11.1. The van der Waals surface area contributed by atoms with Crippen molar-refractivity contribution in [2.24, 2.45) is 4.99 Å². The molecule has 5 aliphatic rings. The SMILES string of the molecule is CN1CCN(C(=O)C2Cc3cccc4c3N2C=CN=C4C2=C(c3cccc4c3OCO4)C(=O)NC2=O)CC1. The molecule has 0 aromatic heterocycles. The van der Waals surface area contributed by atoms with E-state index in [1.807, 2.05) is 28.0 Å². The van der Waals surface area contributed by atoms with E-state index >= 15 is 0 Å². The highest BCUT2D eigenvalue weighted by Crippen LogP contribution is 2.44. The average Bonchev–Trinajstić information content (AvgIpc) is 3.58. The molecule has 7 rings (SSSR count). The Kier molecular flexibility index (Phi) is 5.12. The van der Waals surface area contributed by atoms with Crippen molar-refractivity contribution >= 4 is 34.7 Å². The maximum atomic E-state index is 13.6. The number of rotatable bonds is 3. The lowest BCUT2D eigenvalue weighted by Gasteiger charge is -2.35. The maximum Gasteiger partial charge on any atom is 0.261 e. The molecule has 5 aliphatic heterocycles. The largest absolute Gasteiger partial charge is 0.454 e. The fourth-order valence-corrected chi connectivity index (χ4v) is 5.85. The van der Waals surface area contributed by atoms with E-state index in [1.165, 1.54) is 0 Å². The number of likely N-dealkylation sites (N-methyl/N-ethyl adjacent to an activating group) is 1. The minimum Gasteiger partial charge on any atom is -0.454 e. The van der Waals surface area contributed by atoms with Crippen molar-refractivity contribution < 1.29 is 23.9 Å². The zero-order valence-electron chi connectivity index (χ0n) is 20.8. The molecule has 0 aliphatic carbocycles. The number of aliphatic imine (C=N–C) groups is 1. The van der Waals surface area contributed by atoms with Crippen LogP contribution in [-0.4, -0.2) is 79.3 Å². The molecule has 2 aromatic rings. The minimum absolute atomic E-state index is 0.0398. The minimum atomic E-state index is -0.525. The number of carbonyl (C=O) groups is 3. The second-order valence-corrected chi connectivity index (χ2v) is 9.92. The molecule has 1 atom stereocenters. The Morgan fingerprint density at radius 2 is 1.74 bits per heavy atom. The van der Waals surface area contributed by atoms with Gasteiger partial charge in [0.2, 0.25) is 12.7 Å². The first kappa shape index (κ1) is 22.7. The summed E-state index contributed by atoms with van der Waals surface area (Å²) in [5.74, 6) is -0.0205. The standard InChI is InChI=1S/C28H25N5O5/c1-31-10-12-32(13-11-31)28(36)19-14-16-4-2-6-18-23(29-8-9-33(19)24(16)18)22-21(26(34)30-27(22)35)17-5-3-7-20-25(17)38-15-37-20/h2-9,19H,10-15H2,1H3,(H,30,34,35). The van der Waals surface area contributed by atoms with E-state index < -0.39 is 17.9 Å². The first-order chi connectivity index (χ1) is 18.5. The number of amides is 3. The van der Waals surface area contributed by atoms with Crippen LogP contribution in [0.5, 0.6) is 11.5 Å². The summed E-state index contributed by atoms with van der Waals surface area (Å²) in [4.78, 5) is 50.7. The summed E-state index contributed by atoms with van der Waals surface area (Å²) in [6, 6.07) is 10.7. The van der Waals surface area contributed by atoms with Crippen molar-refractivity contribution in [3.8, 4) is 11.5 Å². The van der Waals surface area contributed by atoms with E-state index in [0.29, 0.717) is 47.8 Å². The van der Waals surface area contributed by atoms with Crippen molar-refractivity contribution in [2.75, 3.05) is 44.9 Å². The number of ether oxygens (including phenoxy) is 2. The first-order valence-corrected chi connectivity index (χ1v) is 12.6. The van der Waals surface area contributed by atoms with E-state index in [0.717, 1.165) is 24.3 Å². The number of hydrogen-bond donors (Lipinski definition) is 1. The van der Waals surface area contributed by atoms with Crippen molar-refractivity contribution in [3.05, 3.63) is 71.1 Å². The fourth-order valence-electron chi connectivity index (χ4n) is 5.85. The predicted molar refractivity (Wildman–Crippen MR) is 139 cm³/mol. The van der Waals surface area contributed by atoms with Crippen LogP contribution in [0.3, 0.4) is 0 Å². The zero-order chi connectivity index (χ0) is 26.0. The molecule has 38 heavy (non-hydrogen) atoms. The molecule has 1 unspecified atom stereocenters. The van der Waals surface area contributed by atoms with E-state index in [1.54, 1.807) is 30.6 Å². The molecule has 3 amide bonds. The number of nitrogens with one attached hydrogen (secondary N) is 1. The van der Waals surface area contributed by atoms with Crippen molar-refractivity contribution in [1.82, 2.24) is 15.1 Å². The Balaban J connectivity index is 1.32. The summed E-state index contributed by atoms with van der Waals surface area (Å²) in [7, 11) is 2.06. The van der Waals surface area contributed by atoms with Gasteiger partial charge in [0, 0.05) is 56.1 Å². The Morgan fingerprint density at radius 1 is 0.974 bits per heavy atom. The van der Waals surface area contributed by atoms with E-state index in [2.05, 4.69) is 22.3 Å². The molecule has 1 saturated heterocycles. The fraction of sp³-hybridized carbons (Fsp3) is 0.286. The number of para-hydroxylation sites is 2. The lowest BCUT2D eigenvalue weighted by atomic mass is 9.92. The molecule has 0 spiro atoms. The van der Waals surface area contributed by atoms with E-state index in [-0.39, 0.29) is 23.8 Å². The van der Waals surface area contributed by atoms with Gasteiger partial charge in [-0.05, 0) is 18.7 Å². The van der Waals surface area contributed by atoms with Crippen molar-refractivity contribution in [2.45, 2.75) is 12.5 Å². The van der Waals surface area contributed by atoms with Gasteiger partial charge in [-0.15, -0.1) is 0 Å². The molecule has 0 bridgehead atoms. The van der Waals surface area contributed by atoms with Crippen LogP contribution in [0.2, 0.25) is 0 Å². The Hall–Kier alpha value is -4.44. The molecule has 0 saturated carbocycles. The van der Waals surface area contributed by atoms with Crippen LogP contribution in [0, 0.1) is 0 Å². The van der Waals surface area contributed by atoms with Gasteiger partial charge in [0.15, 0.2) is 11.5 Å². The zero-order valence-corrected chi connectivity index (χ0v) is 20.8. The monoisotopic (exact) mass is 511 g/mol. The molecule has 0 radical (unpaired) electrons. The number of nitrogens with zero attached hydrogens (tertiary/aromatic N) is 4. The van der Waals surface area contributed by atoms with Crippen LogP contribution in [0.1, 0.15) is 16.7 Å².